The highest BCUT2D eigenvalue weighted by Crippen LogP contribution is 2.18. The van der Waals surface area contributed by atoms with Crippen LogP contribution in [0.15, 0.2) is 23.1 Å². The molecule has 0 atom stereocenters. The van der Waals surface area contributed by atoms with E-state index in [1.165, 1.54) is 0 Å². The normalized spacial score (nSPS) is 15.9. The van der Waals surface area contributed by atoms with E-state index in [4.69, 9.17) is 0 Å². The lowest BCUT2D eigenvalue weighted by Gasteiger charge is -2.07. The SMILES string of the molecule is O=S(=O)(NCCNC1CC1)c1ccc(F)c(F)c1. The minimum absolute atomic E-state index is 0.220. The molecule has 100 valence electrons. The van der Waals surface area contributed by atoms with Crippen LogP contribution in [0.5, 0.6) is 0 Å². The van der Waals surface area contributed by atoms with Crippen LogP contribution in [0.2, 0.25) is 0 Å². The van der Waals surface area contributed by atoms with Crippen LogP contribution in [0.1, 0.15) is 12.8 Å². The number of sulfonamides is 1. The van der Waals surface area contributed by atoms with Crippen molar-refractivity contribution in [1.82, 2.24) is 10.0 Å². The van der Waals surface area contributed by atoms with Gasteiger partial charge in [0.2, 0.25) is 10.0 Å². The molecular weight excluding hydrogens is 262 g/mol. The maximum absolute atomic E-state index is 12.9. The summed E-state index contributed by atoms with van der Waals surface area (Å²) in [6, 6.07) is 3.01. The van der Waals surface area contributed by atoms with Gasteiger partial charge >= 0.3 is 0 Å². The minimum Gasteiger partial charge on any atom is -0.313 e. The third kappa shape index (κ3) is 3.47. The zero-order valence-electron chi connectivity index (χ0n) is 9.62. The Bertz CT molecular complexity index is 530. The molecule has 18 heavy (non-hydrogen) atoms. The van der Waals surface area contributed by atoms with Crippen LogP contribution < -0.4 is 10.0 Å². The first-order valence-electron chi connectivity index (χ1n) is 5.67. The van der Waals surface area contributed by atoms with Crippen LogP contribution in [0.3, 0.4) is 0 Å². The van der Waals surface area contributed by atoms with Crippen LogP contribution in [-0.2, 0) is 10.0 Å². The quantitative estimate of drug-likeness (QED) is 0.762. The standard InChI is InChI=1S/C11H14F2N2O2S/c12-10-4-3-9(7-11(10)13)18(16,17)15-6-5-14-8-1-2-8/h3-4,7-8,14-15H,1-2,5-6H2. The molecule has 1 aromatic carbocycles. The summed E-state index contributed by atoms with van der Waals surface area (Å²) in [5.41, 5.74) is 0. The molecule has 0 bridgehead atoms. The molecule has 1 saturated carbocycles. The van der Waals surface area contributed by atoms with Crippen molar-refractivity contribution in [2.45, 2.75) is 23.8 Å². The molecule has 1 aromatic rings. The van der Waals surface area contributed by atoms with Gasteiger partial charge in [0.15, 0.2) is 11.6 Å². The van der Waals surface area contributed by atoms with Crippen molar-refractivity contribution in [3.05, 3.63) is 29.8 Å². The van der Waals surface area contributed by atoms with E-state index in [0.717, 1.165) is 25.0 Å². The Labute approximate surface area is 104 Å². The molecule has 1 aliphatic carbocycles. The first-order valence-corrected chi connectivity index (χ1v) is 7.15. The zero-order valence-corrected chi connectivity index (χ0v) is 10.4. The zero-order chi connectivity index (χ0) is 13.2. The van der Waals surface area contributed by atoms with E-state index in [1.54, 1.807) is 0 Å². The van der Waals surface area contributed by atoms with Gasteiger partial charge in [0.1, 0.15) is 0 Å². The van der Waals surface area contributed by atoms with E-state index in [9.17, 15) is 17.2 Å². The van der Waals surface area contributed by atoms with Crippen molar-refractivity contribution in [3.8, 4) is 0 Å². The first kappa shape index (κ1) is 13.4. The van der Waals surface area contributed by atoms with Crippen molar-refractivity contribution in [2.24, 2.45) is 0 Å². The number of benzene rings is 1. The van der Waals surface area contributed by atoms with E-state index >= 15 is 0 Å². The second kappa shape index (κ2) is 5.29. The summed E-state index contributed by atoms with van der Waals surface area (Å²) < 4.78 is 51.4. The van der Waals surface area contributed by atoms with Gasteiger partial charge < -0.3 is 5.32 Å². The molecule has 1 fully saturated rings. The van der Waals surface area contributed by atoms with Gasteiger partial charge in [-0.25, -0.2) is 21.9 Å². The summed E-state index contributed by atoms with van der Waals surface area (Å²) in [5, 5.41) is 3.14. The van der Waals surface area contributed by atoms with Gasteiger partial charge in [-0.05, 0) is 31.0 Å². The fourth-order valence-corrected chi connectivity index (χ4v) is 2.52. The van der Waals surface area contributed by atoms with E-state index in [2.05, 4.69) is 10.0 Å². The van der Waals surface area contributed by atoms with Crippen molar-refractivity contribution in [2.75, 3.05) is 13.1 Å². The summed E-state index contributed by atoms with van der Waals surface area (Å²) in [4.78, 5) is -0.271. The second-order valence-corrected chi connectivity index (χ2v) is 5.97. The third-order valence-corrected chi connectivity index (χ3v) is 4.09. The molecule has 0 heterocycles. The summed E-state index contributed by atoms with van der Waals surface area (Å²) in [6.45, 7) is 0.741. The fraction of sp³-hybridized carbons (Fsp3) is 0.455. The second-order valence-electron chi connectivity index (χ2n) is 4.20. The molecule has 2 rings (SSSR count). The number of rotatable bonds is 6. The Hall–Kier alpha value is -1.05. The topological polar surface area (TPSA) is 58.2 Å². The lowest BCUT2D eigenvalue weighted by atomic mass is 10.3. The van der Waals surface area contributed by atoms with Crippen LogP contribution in [-0.4, -0.2) is 27.5 Å². The minimum atomic E-state index is -3.77. The lowest BCUT2D eigenvalue weighted by molar-refractivity contribution is 0.504. The predicted molar refractivity (Wildman–Crippen MR) is 62.6 cm³/mol. The summed E-state index contributed by atoms with van der Waals surface area (Å²) in [5.74, 6) is -2.24. The fourth-order valence-electron chi connectivity index (χ4n) is 1.48. The Morgan fingerprint density at radius 1 is 1.17 bits per heavy atom. The molecule has 1 aliphatic rings. The van der Waals surface area contributed by atoms with Gasteiger partial charge in [-0.15, -0.1) is 0 Å². The van der Waals surface area contributed by atoms with E-state index < -0.39 is 21.7 Å². The number of halogens is 2. The van der Waals surface area contributed by atoms with Gasteiger partial charge in [-0.2, -0.15) is 0 Å². The molecule has 4 nitrogen and oxygen atoms in total. The molecule has 0 radical (unpaired) electrons. The van der Waals surface area contributed by atoms with Crippen LogP contribution in [0.4, 0.5) is 8.78 Å². The van der Waals surface area contributed by atoms with Gasteiger partial charge in [-0.3, -0.25) is 0 Å². The monoisotopic (exact) mass is 276 g/mol. The van der Waals surface area contributed by atoms with Crippen molar-refractivity contribution in [1.29, 1.82) is 0 Å². The highest BCUT2D eigenvalue weighted by molar-refractivity contribution is 7.89. The Kier molecular flexibility index (Phi) is 3.94. The predicted octanol–water partition coefficient (Wildman–Crippen LogP) is 0.995. The molecule has 0 amide bonds. The number of hydrogen-bond acceptors (Lipinski definition) is 3. The maximum Gasteiger partial charge on any atom is 0.240 e. The van der Waals surface area contributed by atoms with E-state index in [-0.39, 0.29) is 11.4 Å². The Morgan fingerprint density at radius 3 is 2.50 bits per heavy atom. The average Bonchev–Trinajstić information content (AvgIpc) is 3.12. The summed E-state index contributed by atoms with van der Waals surface area (Å²) in [6.07, 6.45) is 2.24. The molecule has 2 N–H and O–H groups in total. The Balaban J connectivity index is 1.93. The average molecular weight is 276 g/mol. The summed E-state index contributed by atoms with van der Waals surface area (Å²) >= 11 is 0. The van der Waals surface area contributed by atoms with Crippen molar-refractivity contribution < 1.29 is 17.2 Å². The largest absolute Gasteiger partial charge is 0.313 e. The molecule has 7 heteroatoms. The smallest absolute Gasteiger partial charge is 0.240 e. The number of hydrogen-bond donors (Lipinski definition) is 2. The van der Waals surface area contributed by atoms with Crippen LogP contribution in [0, 0.1) is 11.6 Å². The Morgan fingerprint density at radius 2 is 1.89 bits per heavy atom. The molecule has 0 unspecified atom stereocenters. The van der Waals surface area contributed by atoms with Crippen LogP contribution in [0.25, 0.3) is 0 Å². The van der Waals surface area contributed by atoms with Gasteiger partial charge in [0, 0.05) is 19.1 Å². The van der Waals surface area contributed by atoms with Gasteiger partial charge in [0.05, 0.1) is 4.90 Å². The maximum atomic E-state index is 12.9. The molecule has 0 aliphatic heterocycles. The van der Waals surface area contributed by atoms with E-state index in [1.807, 2.05) is 0 Å². The third-order valence-electron chi connectivity index (χ3n) is 2.63. The number of nitrogens with one attached hydrogen (secondary N) is 2. The van der Waals surface area contributed by atoms with Crippen molar-refractivity contribution >= 4 is 10.0 Å². The molecule has 0 spiro atoms. The molecule has 0 aromatic heterocycles. The summed E-state index contributed by atoms with van der Waals surface area (Å²) in [7, 11) is -3.77. The highest BCUT2D eigenvalue weighted by Gasteiger charge is 2.20. The van der Waals surface area contributed by atoms with E-state index in [0.29, 0.717) is 18.7 Å². The molecule has 0 saturated heterocycles. The first-order chi connectivity index (χ1) is 8.49. The van der Waals surface area contributed by atoms with Gasteiger partial charge in [-0.1, -0.05) is 0 Å². The van der Waals surface area contributed by atoms with Crippen LogP contribution >= 0.6 is 0 Å². The molecular formula is C11H14F2N2O2S. The lowest BCUT2D eigenvalue weighted by Crippen LogP contribution is -2.32. The van der Waals surface area contributed by atoms with Crippen molar-refractivity contribution in [3.63, 3.8) is 0 Å². The highest BCUT2D eigenvalue weighted by atomic mass is 32.2. The van der Waals surface area contributed by atoms with Gasteiger partial charge in [0.25, 0.3) is 0 Å².